The van der Waals surface area contributed by atoms with Crippen LogP contribution >= 0.6 is 11.3 Å². The first-order chi connectivity index (χ1) is 11.6. The van der Waals surface area contributed by atoms with Crippen molar-refractivity contribution in [3.8, 4) is 0 Å². The van der Waals surface area contributed by atoms with Gasteiger partial charge in [0.05, 0.1) is 16.9 Å². The van der Waals surface area contributed by atoms with Crippen LogP contribution in [0.3, 0.4) is 0 Å². The van der Waals surface area contributed by atoms with Crippen LogP contribution in [0, 0.1) is 11.3 Å². The number of hydrogen-bond donors (Lipinski definition) is 1. The minimum atomic E-state index is -0.817. The van der Waals surface area contributed by atoms with Crippen molar-refractivity contribution in [2.75, 3.05) is 26.3 Å². The van der Waals surface area contributed by atoms with Crippen molar-refractivity contribution >= 4 is 23.2 Å². The highest BCUT2D eigenvalue weighted by Crippen LogP contribution is 2.43. The highest BCUT2D eigenvalue weighted by Gasteiger charge is 2.55. The number of aliphatic carboxylic acids is 1. The number of carbonyl (C=O) groups is 2. The Morgan fingerprint density at radius 2 is 2.12 bits per heavy atom. The van der Waals surface area contributed by atoms with Crippen molar-refractivity contribution in [2.24, 2.45) is 11.3 Å². The van der Waals surface area contributed by atoms with Crippen LogP contribution in [0.15, 0.2) is 6.07 Å². The third kappa shape index (κ3) is 2.56. The second-order valence-corrected chi connectivity index (χ2v) is 8.43. The van der Waals surface area contributed by atoms with E-state index in [-0.39, 0.29) is 11.8 Å². The van der Waals surface area contributed by atoms with Crippen LogP contribution in [0.25, 0.3) is 0 Å². The lowest BCUT2D eigenvalue weighted by Gasteiger charge is -2.33. The summed E-state index contributed by atoms with van der Waals surface area (Å²) in [6.45, 7) is 1.72. The third-order valence-corrected chi connectivity index (χ3v) is 7.10. The lowest BCUT2D eigenvalue weighted by Crippen LogP contribution is -2.45. The molecule has 3 heterocycles. The number of hydrogen-bond acceptors (Lipinski definition) is 4. The fourth-order valence-electron chi connectivity index (χ4n) is 4.38. The molecule has 0 unspecified atom stereocenters. The summed E-state index contributed by atoms with van der Waals surface area (Å²) in [5.74, 6) is -0.873. The highest BCUT2D eigenvalue weighted by molar-refractivity contribution is 7.14. The fourth-order valence-corrected chi connectivity index (χ4v) is 5.60. The van der Waals surface area contributed by atoms with Gasteiger partial charge in [0.25, 0.3) is 5.91 Å². The summed E-state index contributed by atoms with van der Waals surface area (Å²) in [4.78, 5) is 28.7. The summed E-state index contributed by atoms with van der Waals surface area (Å²) in [7, 11) is 0. The SMILES string of the molecule is O=C(c1cc2c(s1)CCCCC2)N1C[C@H]2COCC[C@@]2(C(=O)O)C1. The second-order valence-electron chi connectivity index (χ2n) is 7.29. The van der Waals surface area contributed by atoms with Crippen LogP contribution in [-0.4, -0.2) is 48.2 Å². The van der Waals surface area contributed by atoms with Crippen LogP contribution in [0.1, 0.15) is 45.8 Å². The zero-order valence-electron chi connectivity index (χ0n) is 13.8. The molecule has 0 aromatic carbocycles. The summed E-state index contributed by atoms with van der Waals surface area (Å²) in [6.07, 6.45) is 6.30. The quantitative estimate of drug-likeness (QED) is 0.834. The van der Waals surface area contributed by atoms with Crippen LogP contribution in [0.4, 0.5) is 0 Å². The monoisotopic (exact) mass is 349 g/mol. The third-order valence-electron chi connectivity index (χ3n) is 5.88. The molecule has 130 valence electrons. The summed E-state index contributed by atoms with van der Waals surface area (Å²) in [5.41, 5.74) is 0.510. The molecule has 24 heavy (non-hydrogen) atoms. The van der Waals surface area contributed by atoms with E-state index in [2.05, 4.69) is 6.07 Å². The molecular formula is C18H23NO4S. The van der Waals surface area contributed by atoms with Gasteiger partial charge < -0.3 is 14.7 Å². The molecule has 0 bridgehead atoms. The van der Waals surface area contributed by atoms with E-state index in [4.69, 9.17) is 4.74 Å². The molecule has 1 aromatic heterocycles. The molecule has 4 rings (SSSR count). The van der Waals surface area contributed by atoms with Crippen molar-refractivity contribution in [1.29, 1.82) is 0 Å². The number of ether oxygens (including phenoxy) is 1. The highest BCUT2D eigenvalue weighted by atomic mass is 32.1. The summed E-state index contributed by atoms with van der Waals surface area (Å²) in [6, 6.07) is 2.06. The number of thiophene rings is 1. The van der Waals surface area contributed by atoms with E-state index in [0.29, 0.717) is 32.7 Å². The van der Waals surface area contributed by atoms with Crippen molar-refractivity contribution in [3.05, 3.63) is 21.4 Å². The number of carboxylic acid groups (broad SMARTS) is 1. The van der Waals surface area contributed by atoms with Gasteiger partial charge in [-0.3, -0.25) is 9.59 Å². The van der Waals surface area contributed by atoms with E-state index in [0.717, 1.165) is 17.7 Å². The molecule has 2 fully saturated rings. The Morgan fingerprint density at radius 1 is 1.29 bits per heavy atom. The maximum Gasteiger partial charge on any atom is 0.311 e. The first kappa shape index (κ1) is 16.1. The van der Waals surface area contributed by atoms with Gasteiger partial charge in [0.2, 0.25) is 0 Å². The average molecular weight is 349 g/mol. The Kier molecular flexibility index (Phi) is 4.12. The van der Waals surface area contributed by atoms with Crippen molar-refractivity contribution in [2.45, 2.75) is 38.5 Å². The summed E-state index contributed by atoms with van der Waals surface area (Å²) >= 11 is 1.61. The van der Waals surface area contributed by atoms with Gasteiger partial charge >= 0.3 is 5.97 Å². The molecule has 2 saturated heterocycles. The number of likely N-dealkylation sites (tertiary alicyclic amines) is 1. The van der Waals surface area contributed by atoms with Crippen LogP contribution in [-0.2, 0) is 22.4 Å². The number of nitrogens with zero attached hydrogens (tertiary/aromatic N) is 1. The van der Waals surface area contributed by atoms with Crippen LogP contribution in [0.5, 0.6) is 0 Å². The minimum absolute atomic E-state index is 0.00287. The van der Waals surface area contributed by atoms with Crippen molar-refractivity contribution < 1.29 is 19.4 Å². The van der Waals surface area contributed by atoms with Gasteiger partial charge in [-0.2, -0.15) is 0 Å². The van der Waals surface area contributed by atoms with E-state index in [9.17, 15) is 14.7 Å². The van der Waals surface area contributed by atoms with Crippen molar-refractivity contribution in [3.63, 3.8) is 0 Å². The van der Waals surface area contributed by atoms with Crippen LogP contribution < -0.4 is 0 Å². The smallest absolute Gasteiger partial charge is 0.311 e. The number of carboxylic acids is 1. The lowest BCUT2D eigenvalue weighted by atomic mass is 9.74. The Bertz CT molecular complexity index is 646. The van der Waals surface area contributed by atoms with Gasteiger partial charge in [-0.25, -0.2) is 0 Å². The van der Waals surface area contributed by atoms with Gasteiger partial charge in [-0.05, 0) is 43.7 Å². The molecule has 2 atom stereocenters. The normalized spacial score (nSPS) is 29.7. The minimum Gasteiger partial charge on any atom is -0.481 e. The molecule has 6 heteroatoms. The maximum atomic E-state index is 13.0. The number of amides is 1. The van der Waals surface area contributed by atoms with Gasteiger partial charge in [0, 0.05) is 30.5 Å². The van der Waals surface area contributed by atoms with E-state index in [1.54, 1.807) is 16.2 Å². The Labute approximate surface area is 145 Å². The summed E-state index contributed by atoms with van der Waals surface area (Å²) in [5, 5.41) is 9.74. The molecule has 0 radical (unpaired) electrons. The molecule has 1 aromatic rings. The van der Waals surface area contributed by atoms with E-state index in [1.165, 1.54) is 29.7 Å². The van der Waals surface area contributed by atoms with Crippen molar-refractivity contribution in [1.82, 2.24) is 4.90 Å². The van der Waals surface area contributed by atoms with Gasteiger partial charge in [-0.1, -0.05) is 6.42 Å². The van der Waals surface area contributed by atoms with Crippen LogP contribution in [0.2, 0.25) is 0 Å². The molecule has 1 aliphatic carbocycles. The van der Waals surface area contributed by atoms with E-state index >= 15 is 0 Å². The molecule has 0 saturated carbocycles. The van der Waals surface area contributed by atoms with E-state index < -0.39 is 11.4 Å². The Balaban J connectivity index is 1.56. The Morgan fingerprint density at radius 3 is 2.92 bits per heavy atom. The molecule has 2 aliphatic heterocycles. The van der Waals surface area contributed by atoms with Gasteiger partial charge in [0.1, 0.15) is 0 Å². The topological polar surface area (TPSA) is 66.8 Å². The predicted molar refractivity (Wildman–Crippen MR) is 90.5 cm³/mol. The fraction of sp³-hybridized carbons (Fsp3) is 0.667. The zero-order valence-corrected chi connectivity index (χ0v) is 14.6. The van der Waals surface area contributed by atoms with Gasteiger partial charge in [-0.15, -0.1) is 11.3 Å². The lowest BCUT2D eigenvalue weighted by molar-refractivity contribution is -0.157. The largest absolute Gasteiger partial charge is 0.481 e. The average Bonchev–Trinajstić information content (AvgIpc) is 3.10. The van der Waals surface area contributed by atoms with E-state index in [1.807, 2.05) is 0 Å². The number of aryl methyl sites for hydroxylation is 2. The first-order valence-corrected chi connectivity index (χ1v) is 9.64. The number of fused-ring (bicyclic) bond motifs is 2. The molecule has 5 nitrogen and oxygen atoms in total. The molecule has 0 spiro atoms. The molecule has 1 N–H and O–H groups in total. The first-order valence-electron chi connectivity index (χ1n) is 8.82. The predicted octanol–water partition coefficient (Wildman–Crippen LogP) is 2.58. The molecular weight excluding hydrogens is 326 g/mol. The zero-order chi connectivity index (χ0) is 16.7. The number of carbonyl (C=O) groups excluding carboxylic acids is 1. The molecule has 3 aliphatic rings. The maximum absolute atomic E-state index is 13.0. The van der Waals surface area contributed by atoms with Gasteiger partial charge in [0.15, 0.2) is 0 Å². The molecule has 1 amide bonds. The summed E-state index contributed by atoms with van der Waals surface area (Å²) < 4.78 is 5.47. The standard InChI is InChI=1S/C18H23NO4S/c20-16(15-8-12-4-2-1-3-5-14(12)24-15)19-9-13-10-23-7-6-18(13,11-19)17(21)22/h8,13H,1-7,9-11H2,(H,21,22)/t13-,18+/m0/s1. The number of rotatable bonds is 2. The Hall–Kier alpha value is -1.40. The second kappa shape index (κ2) is 6.15.